The molecule has 0 aliphatic rings. The van der Waals surface area contributed by atoms with Gasteiger partial charge in [-0.3, -0.25) is 0 Å². The lowest BCUT2D eigenvalue weighted by Gasteiger charge is -2.29. The Bertz CT molecular complexity index is 395. The number of aliphatic hydroxyl groups is 1. The molecule has 0 fully saturated rings. The van der Waals surface area contributed by atoms with E-state index in [4.69, 9.17) is 9.47 Å². The number of para-hydroxylation sites is 1. The molecular formula is C15H25NO3. The van der Waals surface area contributed by atoms with Crippen molar-refractivity contribution in [3.8, 4) is 11.5 Å². The smallest absolute Gasteiger partial charge is 0.165 e. The minimum atomic E-state index is -0.261. The summed E-state index contributed by atoms with van der Waals surface area (Å²) in [6.07, 6.45) is 1.95. The van der Waals surface area contributed by atoms with Crippen molar-refractivity contribution in [1.82, 2.24) is 5.32 Å². The van der Waals surface area contributed by atoms with E-state index in [1.807, 2.05) is 25.1 Å². The Kier molecular flexibility index (Phi) is 6.12. The molecule has 1 aromatic rings. The second-order valence-corrected chi connectivity index (χ2v) is 4.97. The molecule has 0 aliphatic carbocycles. The summed E-state index contributed by atoms with van der Waals surface area (Å²) in [5.41, 5.74) is 0.765. The van der Waals surface area contributed by atoms with Gasteiger partial charge in [-0.1, -0.05) is 25.5 Å². The van der Waals surface area contributed by atoms with Crippen molar-refractivity contribution < 1.29 is 14.6 Å². The molecule has 1 atom stereocenters. The van der Waals surface area contributed by atoms with Gasteiger partial charge in [-0.25, -0.2) is 0 Å². The van der Waals surface area contributed by atoms with Crippen LogP contribution in [0.15, 0.2) is 18.2 Å². The molecule has 1 aromatic carbocycles. The zero-order chi connectivity index (χ0) is 14.3. The molecule has 0 heterocycles. The first-order valence-electron chi connectivity index (χ1n) is 6.66. The molecule has 0 aliphatic heterocycles. The molecule has 2 N–H and O–H groups in total. The van der Waals surface area contributed by atoms with Gasteiger partial charge in [0.05, 0.1) is 20.8 Å². The van der Waals surface area contributed by atoms with Crippen LogP contribution in [-0.2, 0) is 6.54 Å². The lowest BCUT2D eigenvalue weighted by atomic mass is 9.97. The van der Waals surface area contributed by atoms with Crippen LogP contribution in [0, 0.1) is 0 Å². The van der Waals surface area contributed by atoms with Crippen LogP contribution < -0.4 is 14.8 Å². The molecule has 0 saturated heterocycles. The van der Waals surface area contributed by atoms with Gasteiger partial charge >= 0.3 is 0 Å². The molecule has 0 bridgehead atoms. The highest BCUT2D eigenvalue weighted by atomic mass is 16.5. The number of hydrogen-bond acceptors (Lipinski definition) is 4. The summed E-state index contributed by atoms with van der Waals surface area (Å²) in [7, 11) is 3.27. The highest BCUT2D eigenvalue weighted by molar-refractivity contribution is 5.46. The fraction of sp³-hybridized carbons (Fsp3) is 0.600. The Labute approximate surface area is 115 Å². The van der Waals surface area contributed by atoms with Crippen molar-refractivity contribution in [1.29, 1.82) is 0 Å². The SMILES string of the molecule is CCCC(C)(CO)NCc1cccc(OC)c1OC. The van der Waals surface area contributed by atoms with E-state index in [9.17, 15) is 5.11 Å². The van der Waals surface area contributed by atoms with Gasteiger partial charge in [0.1, 0.15) is 0 Å². The predicted molar refractivity (Wildman–Crippen MR) is 76.8 cm³/mol. The number of aliphatic hydroxyl groups excluding tert-OH is 1. The quantitative estimate of drug-likeness (QED) is 0.759. The van der Waals surface area contributed by atoms with Crippen molar-refractivity contribution >= 4 is 0 Å². The van der Waals surface area contributed by atoms with Crippen LogP contribution in [-0.4, -0.2) is 31.5 Å². The zero-order valence-electron chi connectivity index (χ0n) is 12.3. The maximum absolute atomic E-state index is 9.50. The summed E-state index contributed by atoms with van der Waals surface area (Å²) < 4.78 is 10.7. The number of nitrogens with one attached hydrogen (secondary N) is 1. The molecule has 19 heavy (non-hydrogen) atoms. The summed E-state index contributed by atoms with van der Waals surface area (Å²) in [6.45, 7) is 4.90. The number of methoxy groups -OCH3 is 2. The van der Waals surface area contributed by atoms with Crippen LogP contribution >= 0.6 is 0 Å². The fourth-order valence-corrected chi connectivity index (χ4v) is 2.18. The lowest BCUT2D eigenvalue weighted by molar-refractivity contribution is 0.163. The summed E-state index contributed by atoms with van der Waals surface area (Å²) in [4.78, 5) is 0. The average molecular weight is 267 g/mol. The van der Waals surface area contributed by atoms with Crippen LogP contribution in [0.4, 0.5) is 0 Å². The number of ether oxygens (including phenoxy) is 2. The van der Waals surface area contributed by atoms with Crippen LogP contribution in [0.2, 0.25) is 0 Å². The number of hydrogen-bond donors (Lipinski definition) is 2. The van der Waals surface area contributed by atoms with Crippen molar-refractivity contribution in [2.45, 2.75) is 38.8 Å². The first-order valence-corrected chi connectivity index (χ1v) is 6.66. The summed E-state index contributed by atoms with van der Waals surface area (Å²) in [5, 5.41) is 12.9. The van der Waals surface area contributed by atoms with E-state index < -0.39 is 0 Å². The van der Waals surface area contributed by atoms with Gasteiger partial charge in [0.25, 0.3) is 0 Å². The van der Waals surface area contributed by atoms with Gasteiger partial charge in [-0.05, 0) is 19.4 Å². The molecule has 4 nitrogen and oxygen atoms in total. The van der Waals surface area contributed by atoms with E-state index in [1.165, 1.54) is 0 Å². The normalized spacial score (nSPS) is 13.9. The molecule has 0 amide bonds. The Morgan fingerprint density at radius 3 is 2.53 bits per heavy atom. The first-order chi connectivity index (χ1) is 9.10. The summed E-state index contributed by atoms with van der Waals surface area (Å²) in [5.74, 6) is 1.47. The second kappa shape index (κ2) is 7.36. The van der Waals surface area contributed by atoms with E-state index in [-0.39, 0.29) is 12.1 Å². The first kappa shape index (κ1) is 15.8. The zero-order valence-corrected chi connectivity index (χ0v) is 12.3. The molecule has 1 rings (SSSR count). The molecule has 0 saturated carbocycles. The van der Waals surface area contributed by atoms with E-state index in [0.29, 0.717) is 6.54 Å². The van der Waals surface area contributed by atoms with Gasteiger partial charge in [-0.2, -0.15) is 0 Å². The Morgan fingerprint density at radius 2 is 2.00 bits per heavy atom. The van der Waals surface area contributed by atoms with Gasteiger partial charge < -0.3 is 19.9 Å². The topological polar surface area (TPSA) is 50.7 Å². The third kappa shape index (κ3) is 4.11. The van der Waals surface area contributed by atoms with E-state index in [1.54, 1.807) is 14.2 Å². The van der Waals surface area contributed by atoms with Gasteiger partial charge in [0, 0.05) is 17.6 Å². The molecule has 0 aromatic heterocycles. The number of rotatable bonds is 8. The molecule has 0 radical (unpaired) electrons. The van der Waals surface area contributed by atoms with Crippen molar-refractivity contribution in [3.63, 3.8) is 0 Å². The maximum atomic E-state index is 9.50. The van der Waals surface area contributed by atoms with E-state index in [2.05, 4.69) is 12.2 Å². The Balaban J connectivity index is 2.82. The minimum Gasteiger partial charge on any atom is -0.493 e. The van der Waals surface area contributed by atoms with E-state index in [0.717, 1.165) is 29.9 Å². The average Bonchev–Trinajstić information content (AvgIpc) is 2.44. The molecule has 4 heteroatoms. The van der Waals surface area contributed by atoms with Gasteiger partial charge in [0.2, 0.25) is 0 Å². The molecule has 108 valence electrons. The van der Waals surface area contributed by atoms with Gasteiger partial charge in [-0.15, -0.1) is 0 Å². The molecule has 0 spiro atoms. The third-order valence-electron chi connectivity index (χ3n) is 3.34. The van der Waals surface area contributed by atoms with Crippen molar-refractivity contribution in [2.24, 2.45) is 0 Å². The van der Waals surface area contributed by atoms with Crippen molar-refractivity contribution in [2.75, 3.05) is 20.8 Å². The van der Waals surface area contributed by atoms with Crippen LogP contribution in [0.3, 0.4) is 0 Å². The monoisotopic (exact) mass is 267 g/mol. The number of benzene rings is 1. The molecular weight excluding hydrogens is 242 g/mol. The van der Waals surface area contributed by atoms with Crippen LogP contribution in [0.25, 0.3) is 0 Å². The van der Waals surface area contributed by atoms with Crippen molar-refractivity contribution in [3.05, 3.63) is 23.8 Å². The predicted octanol–water partition coefficient (Wildman–Crippen LogP) is 2.34. The van der Waals surface area contributed by atoms with Crippen LogP contribution in [0.5, 0.6) is 11.5 Å². The third-order valence-corrected chi connectivity index (χ3v) is 3.34. The maximum Gasteiger partial charge on any atom is 0.165 e. The summed E-state index contributed by atoms with van der Waals surface area (Å²) >= 11 is 0. The van der Waals surface area contributed by atoms with E-state index >= 15 is 0 Å². The van der Waals surface area contributed by atoms with Gasteiger partial charge in [0.15, 0.2) is 11.5 Å². The highest BCUT2D eigenvalue weighted by Gasteiger charge is 2.22. The fourth-order valence-electron chi connectivity index (χ4n) is 2.18. The Hall–Kier alpha value is -1.26. The lowest BCUT2D eigenvalue weighted by Crippen LogP contribution is -2.45. The highest BCUT2D eigenvalue weighted by Crippen LogP contribution is 2.30. The molecule has 1 unspecified atom stereocenters. The minimum absolute atomic E-state index is 0.118. The second-order valence-electron chi connectivity index (χ2n) is 4.97. The largest absolute Gasteiger partial charge is 0.493 e. The van der Waals surface area contributed by atoms with Crippen LogP contribution in [0.1, 0.15) is 32.3 Å². The summed E-state index contributed by atoms with van der Waals surface area (Å²) in [6, 6.07) is 5.81. The standard InChI is InChI=1S/C15H25NO3/c1-5-9-15(2,11-17)16-10-12-7-6-8-13(18-3)14(12)19-4/h6-8,16-17H,5,9-11H2,1-4H3. The Morgan fingerprint density at radius 1 is 1.26 bits per heavy atom.